The Labute approximate surface area is 124 Å². The van der Waals surface area contributed by atoms with Gasteiger partial charge in [-0.1, -0.05) is 53.7 Å². The summed E-state index contributed by atoms with van der Waals surface area (Å²) in [6.45, 7) is 13.7. The monoisotopic (exact) mass is 277 g/mol. The fourth-order valence-corrected chi connectivity index (χ4v) is 2.46. The lowest BCUT2D eigenvalue weighted by atomic mass is 9.78. The van der Waals surface area contributed by atoms with E-state index in [-0.39, 0.29) is 10.8 Å². The zero-order valence-electron chi connectivity index (χ0n) is 14.0. The summed E-state index contributed by atoms with van der Waals surface area (Å²) in [5, 5.41) is 10.6. The van der Waals surface area contributed by atoms with Crippen molar-refractivity contribution in [1.29, 1.82) is 0 Å². The van der Waals surface area contributed by atoms with Crippen LogP contribution in [0.25, 0.3) is 0 Å². The number of aromatic hydroxyl groups is 1. The number of aryl methyl sites for hydroxylation is 1. The molecule has 0 saturated heterocycles. The van der Waals surface area contributed by atoms with Gasteiger partial charge in [0, 0.05) is 0 Å². The first-order valence-corrected chi connectivity index (χ1v) is 7.64. The van der Waals surface area contributed by atoms with Crippen LogP contribution in [0.1, 0.15) is 71.1 Å². The third-order valence-corrected chi connectivity index (χ3v) is 3.71. The summed E-state index contributed by atoms with van der Waals surface area (Å²) in [6.07, 6.45) is 3.19. The Morgan fingerprint density at radius 1 is 0.900 bits per heavy atom. The second kappa shape index (κ2) is 6.17. The Balaban J connectivity index is 3.28. The molecule has 3 N–H and O–H groups in total. The van der Waals surface area contributed by atoms with Crippen molar-refractivity contribution in [2.24, 2.45) is 5.73 Å². The molecule has 114 valence electrons. The van der Waals surface area contributed by atoms with Gasteiger partial charge in [0.05, 0.1) is 0 Å². The third-order valence-electron chi connectivity index (χ3n) is 3.71. The van der Waals surface area contributed by atoms with Gasteiger partial charge >= 0.3 is 0 Å². The molecule has 20 heavy (non-hydrogen) atoms. The minimum atomic E-state index is -0.0477. The second-order valence-electron chi connectivity index (χ2n) is 7.79. The van der Waals surface area contributed by atoms with E-state index >= 15 is 0 Å². The van der Waals surface area contributed by atoms with Gasteiger partial charge in [-0.2, -0.15) is 0 Å². The molecule has 0 atom stereocenters. The van der Waals surface area contributed by atoms with Gasteiger partial charge in [-0.15, -0.1) is 0 Å². The fourth-order valence-electron chi connectivity index (χ4n) is 2.46. The highest BCUT2D eigenvalue weighted by Crippen LogP contribution is 2.39. The minimum Gasteiger partial charge on any atom is -0.507 e. The molecule has 0 radical (unpaired) electrons. The number of phenolic OH excluding ortho intramolecular Hbond substituents is 1. The van der Waals surface area contributed by atoms with Gasteiger partial charge in [0.25, 0.3) is 0 Å². The first-order valence-electron chi connectivity index (χ1n) is 7.64. The van der Waals surface area contributed by atoms with Crippen LogP contribution < -0.4 is 5.73 Å². The van der Waals surface area contributed by atoms with Gasteiger partial charge in [0.15, 0.2) is 0 Å². The summed E-state index contributed by atoms with van der Waals surface area (Å²) in [4.78, 5) is 0. The molecule has 0 aliphatic rings. The Morgan fingerprint density at radius 3 is 1.70 bits per heavy atom. The Bertz CT molecular complexity index is 414. The summed E-state index contributed by atoms with van der Waals surface area (Å²) >= 11 is 0. The molecule has 2 nitrogen and oxygen atoms in total. The highest BCUT2D eigenvalue weighted by atomic mass is 16.3. The molecule has 0 heterocycles. The topological polar surface area (TPSA) is 46.2 Å². The Morgan fingerprint density at radius 2 is 1.35 bits per heavy atom. The largest absolute Gasteiger partial charge is 0.507 e. The molecule has 1 aromatic carbocycles. The van der Waals surface area contributed by atoms with E-state index in [0.29, 0.717) is 5.75 Å². The van der Waals surface area contributed by atoms with Gasteiger partial charge in [-0.25, -0.2) is 0 Å². The number of hydrogen-bond donors (Lipinski definition) is 2. The first-order chi connectivity index (χ1) is 9.07. The molecular formula is C18H31NO. The molecule has 0 aliphatic carbocycles. The van der Waals surface area contributed by atoms with Crippen molar-refractivity contribution in [3.05, 3.63) is 28.8 Å². The predicted molar refractivity (Wildman–Crippen MR) is 87.5 cm³/mol. The summed E-state index contributed by atoms with van der Waals surface area (Å²) in [7, 11) is 0. The third kappa shape index (κ3) is 4.24. The molecule has 0 fully saturated rings. The van der Waals surface area contributed by atoms with E-state index in [1.54, 1.807) is 0 Å². The average Bonchev–Trinajstić information content (AvgIpc) is 2.28. The maximum Gasteiger partial charge on any atom is 0.123 e. The van der Waals surface area contributed by atoms with Crippen LogP contribution in [0.3, 0.4) is 0 Å². The van der Waals surface area contributed by atoms with Gasteiger partial charge in [-0.05, 0) is 53.3 Å². The Hall–Kier alpha value is -1.02. The fraction of sp³-hybridized carbons (Fsp3) is 0.667. The summed E-state index contributed by atoms with van der Waals surface area (Å²) < 4.78 is 0. The van der Waals surface area contributed by atoms with E-state index in [4.69, 9.17) is 5.73 Å². The van der Waals surface area contributed by atoms with E-state index < -0.39 is 0 Å². The van der Waals surface area contributed by atoms with Crippen LogP contribution in [0.15, 0.2) is 12.1 Å². The molecule has 0 spiro atoms. The second-order valence-corrected chi connectivity index (χ2v) is 7.79. The van der Waals surface area contributed by atoms with Crippen LogP contribution in [-0.4, -0.2) is 11.7 Å². The molecule has 0 bridgehead atoms. The highest BCUT2D eigenvalue weighted by molar-refractivity contribution is 5.49. The maximum absolute atomic E-state index is 10.6. The van der Waals surface area contributed by atoms with Crippen LogP contribution in [0.5, 0.6) is 5.75 Å². The normalized spacial score (nSPS) is 12.8. The number of benzene rings is 1. The number of unbranched alkanes of at least 4 members (excludes halogenated alkanes) is 1. The van der Waals surface area contributed by atoms with Crippen molar-refractivity contribution >= 4 is 0 Å². The van der Waals surface area contributed by atoms with E-state index in [9.17, 15) is 5.11 Å². The molecule has 0 unspecified atom stereocenters. The molecule has 1 aromatic rings. The first kappa shape index (κ1) is 17.0. The van der Waals surface area contributed by atoms with Crippen LogP contribution in [0.2, 0.25) is 0 Å². The van der Waals surface area contributed by atoms with Crippen molar-refractivity contribution in [2.75, 3.05) is 6.54 Å². The van der Waals surface area contributed by atoms with E-state index in [1.807, 2.05) is 0 Å². The van der Waals surface area contributed by atoms with Crippen molar-refractivity contribution in [1.82, 2.24) is 0 Å². The number of rotatable bonds is 4. The minimum absolute atomic E-state index is 0.0477. The lowest BCUT2D eigenvalue weighted by Gasteiger charge is -2.28. The molecule has 0 aromatic heterocycles. The standard InChI is InChI=1S/C18H31NO/c1-17(2,3)14-11-13(9-7-8-10-19)12-15(16(14)20)18(4,5)6/h11-12,20H,7-10,19H2,1-6H3. The van der Waals surface area contributed by atoms with E-state index in [2.05, 4.69) is 53.7 Å². The predicted octanol–water partition coefficient (Wildman–Crippen LogP) is 4.27. The van der Waals surface area contributed by atoms with Crippen LogP contribution in [0, 0.1) is 0 Å². The number of phenols is 1. The molecule has 1 rings (SSSR count). The zero-order chi connectivity index (χ0) is 15.6. The van der Waals surface area contributed by atoms with Gasteiger partial charge in [0.2, 0.25) is 0 Å². The van der Waals surface area contributed by atoms with Crippen molar-refractivity contribution in [2.45, 2.75) is 71.6 Å². The highest BCUT2D eigenvalue weighted by Gasteiger charge is 2.26. The average molecular weight is 277 g/mol. The van der Waals surface area contributed by atoms with E-state index in [1.165, 1.54) is 5.56 Å². The lowest BCUT2D eigenvalue weighted by molar-refractivity contribution is 0.422. The molecule has 0 saturated carbocycles. The van der Waals surface area contributed by atoms with Gasteiger partial charge in [-0.3, -0.25) is 0 Å². The zero-order valence-corrected chi connectivity index (χ0v) is 14.0. The summed E-state index contributed by atoms with van der Waals surface area (Å²) in [5.74, 6) is 0.465. The quantitative estimate of drug-likeness (QED) is 0.807. The smallest absolute Gasteiger partial charge is 0.123 e. The van der Waals surface area contributed by atoms with Crippen molar-refractivity contribution in [3.63, 3.8) is 0 Å². The van der Waals surface area contributed by atoms with Crippen LogP contribution >= 0.6 is 0 Å². The molecule has 0 aliphatic heterocycles. The Kier molecular flexibility index (Phi) is 5.26. The number of nitrogens with two attached hydrogens (primary N) is 1. The molecular weight excluding hydrogens is 246 g/mol. The van der Waals surface area contributed by atoms with Crippen LogP contribution in [-0.2, 0) is 17.3 Å². The number of hydrogen-bond acceptors (Lipinski definition) is 2. The van der Waals surface area contributed by atoms with E-state index in [0.717, 1.165) is 36.9 Å². The van der Waals surface area contributed by atoms with Crippen molar-refractivity contribution < 1.29 is 5.11 Å². The lowest BCUT2D eigenvalue weighted by Crippen LogP contribution is -2.18. The molecule has 0 amide bonds. The summed E-state index contributed by atoms with van der Waals surface area (Å²) in [6, 6.07) is 4.34. The SMILES string of the molecule is CC(C)(C)c1cc(CCCCN)cc(C(C)(C)C)c1O. The van der Waals surface area contributed by atoms with Crippen molar-refractivity contribution in [3.8, 4) is 5.75 Å². The molecule has 2 heteroatoms. The van der Waals surface area contributed by atoms with Gasteiger partial charge in [0.1, 0.15) is 5.75 Å². The summed E-state index contributed by atoms with van der Waals surface area (Å²) in [5.41, 5.74) is 8.89. The van der Waals surface area contributed by atoms with Gasteiger partial charge < -0.3 is 10.8 Å². The van der Waals surface area contributed by atoms with Crippen LogP contribution in [0.4, 0.5) is 0 Å². The maximum atomic E-state index is 10.6.